The Labute approximate surface area is 163 Å². The summed E-state index contributed by atoms with van der Waals surface area (Å²) in [5.41, 5.74) is 1.60. The molecule has 142 valence electrons. The number of amides is 1. The standard InChI is InChI=1S/C21H22N6O/c1-12-7-16(12)21(28)26-19-8-17-14(5-6-15-10-23-13(2)27(15)4)9-25-20(22-3)18(17)11-24-19/h8-12,16H,7H2,1-4H3,(H,22,25)(H,24,26,28)/t12-,16?/m1/s1. The van der Waals surface area contributed by atoms with Crippen molar-refractivity contribution >= 4 is 28.3 Å². The summed E-state index contributed by atoms with van der Waals surface area (Å²) in [6.45, 7) is 4.02. The normalized spacial score (nSPS) is 17.7. The fourth-order valence-corrected chi connectivity index (χ4v) is 3.16. The average Bonchev–Trinajstić information content (AvgIpc) is 3.35. The zero-order valence-corrected chi connectivity index (χ0v) is 16.4. The van der Waals surface area contributed by atoms with Crippen LogP contribution in [0.1, 0.15) is 30.4 Å². The molecular formula is C21H22N6O. The maximum atomic E-state index is 12.3. The molecule has 2 atom stereocenters. The Morgan fingerprint density at radius 2 is 1.96 bits per heavy atom. The summed E-state index contributed by atoms with van der Waals surface area (Å²) < 4.78 is 1.94. The second-order valence-electron chi connectivity index (χ2n) is 7.19. The van der Waals surface area contributed by atoms with Gasteiger partial charge in [-0.15, -0.1) is 0 Å². The van der Waals surface area contributed by atoms with Gasteiger partial charge in [-0.05, 0) is 31.2 Å². The van der Waals surface area contributed by atoms with E-state index < -0.39 is 0 Å². The second-order valence-corrected chi connectivity index (χ2v) is 7.19. The molecule has 4 rings (SSSR count). The molecule has 0 saturated heterocycles. The fraction of sp³-hybridized carbons (Fsp3) is 0.333. The summed E-state index contributed by atoms with van der Waals surface area (Å²) in [6.07, 6.45) is 6.15. The molecule has 1 aliphatic rings. The van der Waals surface area contributed by atoms with Crippen molar-refractivity contribution in [3.8, 4) is 11.8 Å². The van der Waals surface area contributed by atoms with Crippen molar-refractivity contribution in [2.75, 3.05) is 17.7 Å². The number of fused-ring (bicyclic) bond motifs is 1. The Morgan fingerprint density at radius 3 is 2.61 bits per heavy atom. The maximum absolute atomic E-state index is 12.3. The first-order valence-electron chi connectivity index (χ1n) is 9.25. The van der Waals surface area contributed by atoms with E-state index in [0.29, 0.717) is 11.7 Å². The van der Waals surface area contributed by atoms with Crippen LogP contribution in [0.15, 0.2) is 24.7 Å². The predicted molar refractivity (Wildman–Crippen MR) is 109 cm³/mol. The van der Waals surface area contributed by atoms with Crippen LogP contribution < -0.4 is 10.6 Å². The minimum Gasteiger partial charge on any atom is -0.373 e. The van der Waals surface area contributed by atoms with Crippen LogP contribution in [0.4, 0.5) is 11.6 Å². The van der Waals surface area contributed by atoms with Gasteiger partial charge in [0, 0.05) is 43.2 Å². The number of carbonyl (C=O) groups excluding carboxylic acids is 1. The molecule has 2 N–H and O–H groups in total. The maximum Gasteiger partial charge on any atom is 0.228 e. The third-order valence-electron chi connectivity index (χ3n) is 5.25. The van der Waals surface area contributed by atoms with Crippen LogP contribution in [0.2, 0.25) is 0 Å². The van der Waals surface area contributed by atoms with Gasteiger partial charge in [0.05, 0.1) is 11.8 Å². The molecule has 3 aromatic rings. The van der Waals surface area contributed by atoms with Crippen LogP contribution in [0.5, 0.6) is 0 Å². The Hall–Kier alpha value is -3.40. The molecular weight excluding hydrogens is 352 g/mol. The van der Waals surface area contributed by atoms with Gasteiger partial charge in [0.15, 0.2) is 0 Å². The van der Waals surface area contributed by atoms with E-state index in [1.807, 2.05) is 31.7 Å². The van der Waals surface area contributed by atoms with Crippen LogP contribution in [0, 0.1) is 30.6 Å². The van der Waals surface area contributed by atoms with Gasteiger partial charge >= 0.3 is 0 Å². The molecule has 0 aliphatic heterocycles. The number of anilines is 2. The highest BCUT2D eigenvalue weighted by molar-refractivity contribution is 5.99. The van der Waals surface area contributed by atoms with Crippen molar-refractivity contribution in [3.63, 3.8) is 0 Å². The number of hydrogen-bond donors (Lipinski definition) is 2. The summed E-state index contributed by atoms with van der Waals surface area (Å²) >= 11 is 0. The predicted octanol–water partition coefficient (Wildman–Crippen LogP) is 2.71. The van der Waals surface area contributed by atoms with Crippen LogP contribution in [0.25, 0.3) is 10.8 Å². The SMILES string of the molecule is CNc1ncc(C#Cc2cnc(C)n2C)c2cc(NC(=O)C3C[C@H]3C)ncc12. The number of carbonyl (C=O) groups is 1. The number of rotatable bonds is 3. The number of imidazole rings is 1. The fourth-order valence-electron chi connectivity index (χ4n) is 3.16. The molecule has 1 fully saturated rings. The van der Waals surface area contributed by atoms with Crippen LogP contribution >= 0.6 is 0 Å². The smallest absolute Gasteiger partial charge is 0.228 e. The van der Waals surface area contributed by atoms with E-state index in [9.17, 15) is 4.79 Å². The number of hydrogen-bond acceptors (Lipinski definition) is 5. The summed E-state index contributed by atoms with van der Waals surface area (Å²) in [5, 5.41) is 7.74. The Bertz CT molecular complexity index is 1140. The van der Waals surface area contributed by atoms with Gasteiger partial charge in [-0.1, -0.05) is 12.8 Å². The van der Waals surface area contributed by atoms with Crippen molar-refractivity contribution in [1.29, 1.82) is 0 Å². The minimum absolute atomic E-state index is 0.0280. The highest BCUT2D eigenvalue weighted by Gasteiger charge is 2.39. The molecule has 0 spiro atoms. The van der Waals surface area contributed by atoms with E-state index >= 15 is 0 Å². The topological polar surface area (TPSA) is 84.7 Å². The Kier molecular flexibility index (Phi) is 4.47. The van der Waals surface area contributed by atoms with Gasteiger partial charge in [0.2, 0.25) is 5.91 Å². The first-order valence-corrected chi connectivity index (χ1v) is 9.25. The van der Waals surface area contributed by atoms with E-state index in [2.05, 4.69) is 44.4 Å². The van der Waals surface area contributed by atoms with E-state index in [1.54, 1.807) is 18.6 Å². The number of pyridine rings is 2. The first kappa shape index (κ1) is 18.0. The zero-order valence-electron chi connectivity index (χ0n) is 16.4. The Morgan fingerprint density at radius 1 is 1.18 bits per heavy atom. The molecule has 1 saturated carbocycles. The molecule has 28 heavy (non-hydrogen) atoms. The van der Waals surface area contributed by atoms with Crippen molar-refractivity contribution in [3.05, 3.63) is 41.7 Å². The second kappa shape index (κ2) is 6.97. The summed E-state index contributed by atoms with van der Waals surface area (Å²) in [4.78, 5) is 25.4. The van der Waals surface area contributed by atoms with E-state index in [0.717, 1.165) is 40.1 Å². The monoisotopic (exact) mass is 374 g/mol. The lowest BCUT2D eigenvalue weighted by molar-refractivity contribution is -0.117. The molecule has 7 heteroatoms. The van der Waals surface area contributed by atoms with E-state index in [4.69, 9.17) is 0 Å². The van der Waals surface area contributed by atoms with Gasteiger partial charge in [0.1, 0.15) is 23.2 Å². The summed E-state index contributed by atoms with van der Waals surface area (Å²) in [6, 6.07) is 1.86. The van der Waals surface area contributed by atoms with Gasteiger partial charge in [-0.3, -0.25) is 4.79 Å². The van der Waals surface area contributed by atoms with E-state index in [1.165, 1.54) is 0 Å². The zero-order chi connectivity index (χ0) is 19.8. The quantitative estimate of drug-likeness (QED) is 0.689. The lowest BCUT2D eigenvalue weighted by Crippen LogP contribution is -2.15. The molecule has 3 heterocycles. The Balaban J connectivity index is 1.74. The van der Waals surface area contributed by atoms with Gasteiger partial charge in [0.25, 0.3) is 0 Å². The first-order chi connectivity index (χ1) is 13.5. The number of aryl methyl sites for hydroxylation is 1. The van der Waals surface area contributed by atoms with Crippen LogP contribution in [-0.2, 0) is 11.8 Å². The molecule has 0 bridgehead atoms. The van der Waals surface area contributed by atoms with Crippen molar-refractivity contribution in [2.24, 2.45) is 18.9 Å². The molecule has 1 aliphatic carbocycles. The lowest BCUT2D eigenvalue weighted by Gasteiger charge is -2.09. The summed E-state index contributed by atoms with van der Waals surface area (Å²) in [5.74, 6) is 9.07. The molecule has 1 unspecified atom stereocenters. The van der Waals surface area contributed by atoms with Crippen molar-refractivity contribution in [1.82, 2.24) is 19.5 Å². The lowest BCUT2D eigenvalue weighted by atomic mass is 10.1. The summed E-state index contributed by atoms with van der Waals surface area (Å²) in [7, 11) is 3.75. The van der Waals surface area contributed by atoms with Gasteiger partial charge in [-0.25, -0.2) is 15.0 Å². The molecule has 7 nitrogen and oxygen atoms in total. The highest BCUT2D eigenvalue weighted by Crippen LogP contribution is 2.38. The van der Waals surface area contributed by atoms with Gasteiger partial charge < -0.3 is 15.2 Å². The number of aromatic nitrogens is 4. The minimum atomic E-state index is 0.0280. The molecule has 0 aromatic carbocycles. The number of nitrogens with zero attached hydrogens (tertiary/aromatic N) is 4. The van der Waals surface area contributed by atoms with Crippen LogP contribution in [-0.4, -0.2) is 32.5 Å². The molecule has 3 aromatic heterocycles. The third kappa shape index (κ3) is 3.29. The largest absolute Gasteiger partial charge is 0.373 e. The van der Waals surface area contributed by atoms with Gasteiger partial charge in [-0.2, -0.15) is 0 Å². The molecule has 0 radical (unpaired) electrons. The van der Waals surface area contributed by atoms with Crippen molar-refractivity contribution < 1.29 is 4.79 Å². The molecule has 1 amide bonds. The average molecular weight is 374 g/mol. The van der Waals surface area contributed by atoms with Crippen LogP contribution in [0.3, 0.4) is 0 Å². The van der Waals surface area contributed by atoms with E-state index in [-0.39, 0.29) is 11.8 Å². The highest BCUT2D eigenvalue weighted by atomic mass is 16.2. The number of nitrogens with one attached hydrogen (secondary N) is 2. The van der Waals surface area contributed by atoms with Crippen molar-refractivity contribution in [2.45, 2.75) is 20.3 Å². The third-order valence-corrected chi connectivity index (χ3v) is 5.25.